The summed E-state index contributed by atoms with van der Waals surface area (Å²) in [6.45, 7) is 2.24. The summed E-state index contributed by atoms with van der Waals surface area (Å²) < 4.78 is 0.977. The first-order valence-electron chi connectivity index (χ1n) is 3.72. The molecular weight excluding hydrogens is 220 g/mol. The second-order valence-electron chi connectivity index (χ2n) is 2.59. The van der Waals surface area contributed by atoms with E-state index >= 15 is 0 Å². The summed E-state index contributed by atoms with van der Waals surface area (Å²) in [5.74, 6) is 0.769. The highest BCUT2D eigenvalue weighted by molar-refractivity contribution is 9.10. The van der Waals surface area contributed by atoms with E-state index in [1.807, 2.05) is 12.1 Å². The first kappa shape index (κ1) is 9.48. The predicted octanol–water partition coefficient (Wildman–Crippen LogP) is 1.64. The van der Waals surface area contributed by atoms with Gasteiger partial charge in [-0.15, -0.1) is 0 Å². The second kappa shape index (κ2) is 4.42. The maximum absolute atomic E-state index is 8.98. The zero-order chi connectivity index (χ0) is 8.97. The van der Waals surface area contributed by atoms with Gasteiger partial charge in [0.25, 0.3) is 0 Å². The molecule has 4 heteroatoms. The molecule has 0 aliphatic carbocycles. The Morgan fingerprint density at radius 1 is 1.75 bits per heavy atom. The Bertz CT molecular complexity index is 253. The largest absolute Gasteiger partial charge is 0.392 e. The van der Waals surface area contributed by atoms with Crippen LogP contribution >= 0.6 is 15.9 Å². The molecule has 1 atom stereocenters. The third-order valence-corrected chi connectivity index (χ3v) is 1.79. The minimum Gasteiger partial charge on any atom is -0.392 e. The number of anilines is 1. The molecule has 1 rings (SSSR count). The Kier molecular flexibility index (Phi) is 3.49. The van der Waals surface area contributed by atoms with Gasteiger partial charge in [0.1, 0.15) is 5.82 Å². The zero-order valence-corrected chi connectivity index (χ0v) is 8.37. The van der Waals surface area contributed by atoms with Crippen molar-refractivity contribution in [2.75, 3.05) is 11.9 Å². The maximum atomic E-state index is 8.98. The fraction of sp³-hybridized carbons (Fsp3) is 0.375. The number of halogens is 1. The van der Waals surface area contributed by atoms with Crippen molar-refractivity contribution in [3.05, 3.63) is 22.8 Å². The summed E-state index contributed by atoms with van der Waals surface area (Å²) in [7, 11) is 0. The first-order chi connectivity index (χ1) is 5.68. The first-order valence-corrected chi connectivity index (χ1v) is 4.51. The molecule has 0 aliphatic rings. The van der Waals surface area contributed by atoms with Crippen LogP contribution in [0.4, 0.5) is 5.82 Å². The van der Waals surface area contributed by atoms with Crippen LogP contribution in [0, 0.1) is 0 Å². The molecule has 1 aromatic rings. The molecule has 0 saturated heterocycles. The normalized spacial score (nSPS) is 12.6. The lowest BCUT2D eigenvalue weighted by atomic mass is 10.4. The number of nitrogens with zero attached hydrogens (tertiary/aromatic N) is 1. The SMILES string of the molecule is CC(O)CNc1cc(Br)ccn1. The Labute approximate surface area is 80.0 Å². The highest BCUT2D eigenvalue weighted by Crippen LogP contribution is 2.12. The minimum absolute atomic E-state index is 0.356. The van der Waals surface area contributed by atoms with Crippen LogP contribution in [0.1, 0.15) is 6.92 Å². The number of nitrogens with one attached hydrogen (secondary N) is 1. The number of rotatable bonds is 3. The molecular formula is C8H11BrN2O. The van der Waals surface area contributed by atoms with Crippen molar-refractivity contribution in [3.63, 3.8) is 0 Å². The lowest BCUT2D eigenvalue weighted by Crippen LogP contribution is -2.15. The molecule has 0 aliphatic heterocycles. The summed E-state index contributed by atoms with van der Waals surface area (Å²) in [6, 6.07) is 3.72. The number of aliphatic hydroxyl groups excluding tert-OH is 1. The Morgan fingerprint density at radius 3 is 3.08 bits per heavy atom. The van der Waals surface area contributed by atoms with E-state index in [9.17, 15) is 0 Å². The van der Waals surface area contributed by atoms with Crippen LogP contribution < -0.4 is 5.32 Å². The summed E-state index contributed by atoms with van der Waals surface area (Å²) in [4.78, 5) is 4.06. The lowest BCUT2D eigenvalue weighted by Gasteiger charge is -2.06. The third-order valence-electron chi connectivity index (χ3n) is 1.30. The number of pyridine rings is 1. The van der Waals surface area contributed by atoms with Gasteiger partial charge in [0.2, 0.25) is 0 Å². The molecule has 0 bridgehead atoms. The van der Waals surface area contributed by atoms with Crippen molar-refractivity contribution in [1.29, 1.82) is 0 Å². The van der Waals surface area contributed by atoms with Crippen LogP contribution in [-0.2, 0) is 0 Å². The molecule has 2 N–H and O–H groups in total. The summed E-state index contributed by atoms with van der Waals surface area (Å²) in [5.41, 5.74) is 0. The Balaban J connectivity index is 2.52. The van der Waals surface area contributed by atoms with Crippen LogP contribution in [0.5, 0.6) is 0 Å². The molecule has 0 saturated carbocycles. The van der Waals surface area contributed by atoms with E-state index in [2.05, 4.69) is 26.2 Å². The monoisotopic (exact) mass is 230 g/mol. The minimum atomic E-state index is -0.356. The van der Waals surface area contributed by atoms with E-state index in [-0.39, 0.29) is 6.10 Å². The fourth-order valence-corrected chi connectivity index (χ4v) is 1.09. The molecule has 1 unspecified atom stereocenters. The van der Waals surface area contributed by atoms with Crippen molar-refractivity contribution in [1.82, 2.24) is 4.98 Å². The molecule has 66 valence electrons. The molecule has 3 nitrogen and oxygen atoms in total. The topological polar surface area (TPSA) is 45.1 Å². The van der Waals surface area contributed by atoms with E-state index in [0.29, 0.717) is 6.54 Å². The number of aliphatic hydroxyl groups is 1. The average Bonchev–Trinajstić information content (AvgIpc) is 2.01. The Morgan fingerprint density at radius 2 is 2.50 bits per heavy atom. The van der Waals surface area contributed by atoms with Gasteiger partial charge in [-0.3, -0.25) is 0 Å². The highest BCUT2D eigenvalue weighted by Gasteiger charge is 1.96. The van der Waals surface area contributed by atoms with Crippen molar-refractivity contribution < 1.29 is 5.11 Å². The van der Waals surface area contributed by atoms with E-state index in [0.717, 1.165) is 10.3 Å². The quantitative estimate of drug-likeness (QED) is 0.831. The van der Waals surface area contributed by atoms with Gasteiger partial charge >= 0.3 is 0 Å². The number of hydrogen-bond acceptors (Lipinski definition) is 3. The van der Waals surface area contributed by atoms with Gasteiger partial charge in [0.15, 0.2) is 0 Å². The smallest absolute Gasteiger partial charge is 0.127 e. The van der Waals surface area contributed by atoms with Crippen molar-refractivity contribution in [2.45, 2.75) is 13.0 Å². The van der Waals surface area contributed by atoms with E-state index in [4.69, 9.17) is 5.11 Å². The van der Waals surface area contributed by atoms with E-state index < -0.39 is 0 Å². The second-order valence-corrected chi connectivity index (χ2v) is 3.50. The maximum Gasteiger partial charge on any atom is 0.127 e. The number of aromatic nitrogens is 1. The van der Waals surface area contributed by atoms with E-state index in [1.165, 1.54) is 0 Å². The molecule has 0 radical (unpaired) electrons. The zero-order valence-electron chi connectivity index (χ0n) is 6.79. The fourth-order valence-electron chi connectivity index (χ4n) is 0.754. The molecule has 0 aromatic carbocycles. The summed E-state index contributed by atoms with van der Waals surface area (Å²) >= 11 is 3.33. The molecule has 1 aromatic heterocycles. The molecule has 0 spiro atoms. The molecule has 1 heterocycles. The Hall–Kier alpha value is -0.610. The van der Waals surface area contributed by atoms with Crippen molar-refractivity contribution in [2.24, 2.45) is 0 Å². The third kappa shape index (κ3) is 3.19. The van der Waals surface area contributed by atoms with Gasteiger partial charge in [-0.1, -0.05) is 15.9 Å². The van der Waals surface area contributed by atoms with Gasteiger partial charge in [-0.2, -0.15) is 0 Å². The average molecular weight is 231 g/mol. The van der Waals surface area contributed by atoms with Crippen LogP contribution in [0.3, 0.4) is 0 Å². The van der Waals surface area contributed by atoms with Crippen LogP contribution in [0.15, 0.2) is 22.8 Å². The standard InChI is InChI=1S/C8H11BrN2O/c1-6(12)5-11-8-4-7(9)2-3-10-8/h2-4,6,12H,5H2,1H3,(H,10,11). The molecule has 12 heavy (non-hydrogen) atoms. The van der Waals surface area contributed by atoms with Crippen LogP contribution in [0.25, 0.3) is 0 Å². The molecule has 0 amide bonds. The van der Waals surface area contributed by atoms with Crippen LogP contribution in [0.2, 0.25) is 0 Å². The highest BCUT2D eigenvalue weighted by atomic mass is 79.9. The van der Waals surface area contributed by atoms with Gasteiger partial charge in [0, 0.05) is 17.2 Å². The van der Waals surface area contributed by atoms with Gasteiger partial charge < -0.3 is 10.4 Å². The number of hydrogen-bond donors (Lipinski definition) is 2. The lowest BCUT2D eigenvalue weighted by molar-refractivity contribution is 0.208. The van der Waals surface area contributed by atoms with Gasteiger partial charge in [-0.05, 0) is 19.1 Å². The van der Waals surface area contributed by atoms with Crippen molar-refractivity contribution in [3.8, 4) is 0 Å². The summed E-state index contributed by atoms with van der Waals surface area (Å²) in [6.07, 6.45) is 1.35. The van der Waals surface area contributed by atoms with Gasteiger partial charge in [-0.25, -0.2) is 4.98 Å². The van der Waals surface area contributed by atoms with Crippen molar-refractivity contribution >= 4 is 21.7 Å². The summed E-state index contributed by atoms with van der Waals surface area (Å²) in [5, 5.41) is 12.0. The van der Waals surface area contributed by atoms with Crippen LogP contribution in [-0.4, -0.2) is 22.7 Å². The molecule has 0 fully saturated rings. The van der Waals surface area contributed by atoms with E-state index in [1.54, 1.807) is 13.1 Å². The van der Waals surface area contributed by atoms with Gasteiger partial charge in [0.05, 0.1) is 6.10 Å². The predicted molar refractivity (Wildman–Crippen MR) is 52.1 cm³/mol.